The van der Waals surface area contributed by atoms with Crippen molar-refractivity contribution in [1.29, 1.82) is 0 Å². The molecule has 2 unspecified atom stereocenters. The van der Waals surface area contributed by atoms with Crippen LogP contribution in [0.15, 0.2) is 72.2 Å². The Morgan fingerprint density at radius 2 is 1.82 bits per heavy atom. The first-order valence-electron chi connectivity index (χ1n) is 13.5. The zero-order chi connectivity index (χ0) is 26.7. The third kappa shape index (κ3) is 3.79. The summed E-state index contributed by atoms with van der Waals surface area (Å²) in [6.45, 7) is 2.70. The maximum absolute atomic E-state index is 13.9. The molecule has 1 fully saturated rings. The van der Waals surface area contributed by atoms with Crippen molar-refractivity contribution in [2.24, 2.45) is 4.99 Å². The molecule has 0 bridgehead atoms. The Kier molecular flexibility index (Phi) is 5.47. The molecule has 1 saturated carbocycles. The molecule has 9 nitrogen and oxygen atoms in total. The van der Waals surface area contributed by atoms with Gasteiger partial charge in [-0.3, -0.25) is 9.69 Å². The predicted molar refractivity (Wildman–Crippen MR) is 151 cm³/mol. The SMILES string of the molecule is Cc1c2c(c(Nc3ccc(O)cc3)n1Cc1ccc(-n3ccnc3)cc1)C(=O)N(C)C1=NC3CCCCC3N12. The van der Waals surface area contributed by atoms with E-state index in [0.29, 0.717) is 12.1 Å². The number of aromatic hydroxyl groups is 1. The number of aromatic nitrogens is 3. The van der Waals surface area contributed by atoms with Crippen LogP contribution in [0.25, 0.3) is 5.69 Å². The fourth-order valence-corrected chi connectivity index (χ4v) is 6.27. The number of hydrogen-bond donors (Lipinski definition) is 2. The number of aliphatic imine (C=N–C) groups is 1. The number of rotatable bonds is 5. The first kappa shape index (κ1) is 23.6. The molecule has 2 aromatic heterocycles. The van der Waals surface area contributed by atoms with E-state index in [1.54, 1.807) is 29.6 Å². The van der Waals surface area contributed by atoms with Crippen LogP contribution < -0.4 is 10.2 Å². The van der Waals surface area contributed by atoms with Crippen molar-refractivity contribution >= 4 is 29.1 Å². The van der Waals surface area contributed by atoms with Gasteiger partial charge < -0.3 is 24.5 Å². The van der Waals surface area contributed by atoms with Gasteiger partial charge in [0.1, 0.15) is 17.1 Å². The van der Waals surface area contributed by atoms with Gasteiger partial charge >= 0.3 is 0 Å². The van der Waals surface area contributed by atoms with Gasteiger partial charge in [-0.1, -0.05) is 25.0 Å². The van der Waals surface area contributed by atoms with Gasteiger partial charge in [-0.05, 0) is 61.7 Å². The normalized spacial score (nSPS) is 19.9. The molecule has 4 aromatic rings. The van der Waals surface area contributed by atoms with Crippen molar-refractivity contribution in [3.63, 3.8) is 0 Å². The zero-order valence-corrected chi connectivity index (χ0v) is 22.1. The van der Waals surface area contributed by atoms with E-state index in [-0.39, 0.29) is 23.7 Å². The van der Waals surface area contributed by atoms with Gasteiger partial charge in [0.25, 0.3) is 5.91 Å². The summed E-state index contributed by atoms with van der Waals surface area (Å²) in [4.78, 5) is 27.2. The quantitative estimate of drug-likeness (QED) is 0.359. The van der Waals surface area contributed by atoms with Gasteiger partial charge in [0.05, 0.1) is 24.1 Å². The number of amides is 1. The molecule has 0 spiro atoms. The number of phenols is 1. The van der Waals surface area contributed by atoms with Gasteiger partial charge in [-0.2, -0.15) is 0 Å². The first-order valence-corrected chi connectivity index (χ1v) is 13.5. The average Bonchev–Trinajstić information content (AvgIpc) is 3.68. The van der Waals surface area contributed by atoms with Crippen LogP contribution in [-0.4, -0.2) is 55.1 Å². The van der Waals surface area contributed by atoms with Crippen LogP contribution in [0.2, 0.25) is 0 Å². The monoisotopic (exact) mass is 521 g/mol. The summed E-state index contributed by atoms with van der Waals surface area (Å²) < 4.78 is 4.18. The maximum Gasteiger partial charge on any atom is 0.266 e. The van der Waals surface area contributed by atoms with E-state index in [2.05, 4.69) is 51.0 Å². The number of nitrogens with one attached hydrogen (secondary N) is 1. The molecule has 39 heavy (non-hydrogen) atoms. The number of carbonyl (C=O) groups is 1. The van der Waals surface area contributed by atoms with Crippen molar-refractivity contribution in [2.45, 2.75) is 51.2 Å². The van der Waals surface area contributed by atoms with Gasteiger partial charge in [0, 0.05) is 43.1 Å². The summed E-state index contributed by atoms with van der Waals surface area (Å²) in [5, 5.41) is 13.4. The van der Waals surface area contributed by atoms with E-state index in [1.165, 1.54) is 12.8 Å². The number of nitrogens with zero attached hydrogens (tertiary/aromatic N) is 6. The van der Waals surface area contributed by atoms with Crippen LogP contribution in [0.4, 0.5) is 17.2 Å². The summed E-state index contributed by atoms with van der Waals surface area (Å²) in [6.07, 6.45) is 9.96. The number of anilines is 3. The summed E-state index contributed by atoms with van der Waals surface area (Å²) in [7, 11) is 1.83. The molecule has 4 heterocycles. The number of guanidine groups is 1. The molecule has 0 saturated heterocycles. The molecule has 2 atom stereocenters. The van der Waals surface area contributed by atoms with Crippen molar-refractivity contribution in [2.75, 3.05) is 17.3 Å². The lowest BCUT2D eigenvalue weighted by Gasteiger charge is -2.38. The van der Waals surface area contributed by atoms with Crippen LogP contribution in [0.5, 0.6) is 5.75 Å². The smallest absolute Gasteiger partial charge is 0.266 e. The lowest BCUT2D eigenvalue weighted by molar-refractivity contribution is 0.0866. The highest BCUT2D eigenvalue weighted by molar-refractivity contribution is 6.22. The summed E-state index contributed by atoms with van der Waals surface area (Å²) in [6, 6.07) is 15.8. The van der Waals surface area contributed by atoms with Crippen LogP contribution in [0.1, 0.15) is 47.3 Å². The van der Waals surface area contributed by atoms with Gasteiger partial charge in [0.15, 0.2) is 0 Å². The number of fused-ring (bicyclic) bond motifs is 5. The molecule has 9 heteroatoms. The first-order chi connectivity index (χ1) is 19.0. The van der Waals surface area contributed by atoms with Crippen molar-refractivity contribution in [1.82, 2.24) is 19.0 Å². The third-order valence-electron chi connectivity index (χ3n) is 8.28. The molecule has 1 aliphatic carbocycles. The second kappa shape index (κ2) is 9.04. The van der Waals surface area contributed by atoms with Crippen molar-refractivity contribution in [3.8, 4) is 11.4 Å². The van der Waals surface area contributed by atoms with E-state index >= 15 is 0 Å². The Morgan fingerprint density at radius 3 is 2.56 bits per heavy atom. The largest absolute Gasteiger partial charge is 0.508 e. The Balaban J connectivity index is 1.35. The number of hydrogen-bond acceptors (Lipinski definition) is 6. The third-order valence-corrected chi connectivity index (χ3v) is 8.28. The summed E-state index contributed by atoms with van der Waals surface area (Å²) in [5.41, 5.74) is 5.63. The van der Waals surface area contributed by atoms with Crippen LogP contribution in [-0.2, 0) is 6.54 Å². The highest BCUT2D eigenvalue weighted by Crippen LogP contribution is 2.46. The lowest BCUT2D eigenvalue weighted by atomic mass is 9.90. The molecule has 198 valence electrons. The zero-order valence-electron chi connectivity index (χ0n) is 22.1. The molecule has 2 N–H and O–H groups in total. The number of carbonyl (C=O) groups excluding carboxylic acids is 1. The Labute approximate surface area is 227 Å². The van der Waals surface area contributed by atoms with Gasteiger partial charge in [-0.25, -0.2) is 9.98 Å². The van der Waals surface area contributed by atoms with E-state index < -0.39 is 0 Å². The van der Waals surface area contributed by atoms with E-state index in [0.717, 1.165) is 52.9 Å². The summed E-state index contributed by atoms with van der Waals surface area (Å²) in [5.74, 6) is 1.66. The van der Waals surface area contributed by atoms with Gasteiger partial charge in [-0.15, -0.1) is 0 Å². The van der Waals surface area contributed by atoms with Crippen LogP contribution in [0, 0.1) is 6.92 Å². The maximum atomic E-state index is 13.9. The number of phenolic OH excluding ortho intramolecular Hbond substituents is 1. The summed E-state index contributed by atoms with van der Waals surface area (Å²) >= 11 is 0. The average molecular weight is 522 g/mol. The minimum Gasteiger partial charge on any atom is -0.508 e. The van der Waals surface area contributed by atoms with Crippen LogP contribution >= 0.6 is 0 Å². The topological polar surface area (TPSA) is 90.9 Å². The number of imidazole rings is 1. The van der Waals surface area contributed by atoms with Crippen molar-refractivity contribution < 1.29 is 9.90 Å². The molecular formula is C30H31N7O2. The Hall–Kier alpha value is -4.53. The minimum absolute atomic E-state index is 0.0581. The molecule has 3 aliphatic rings. The fraction of sp³-hybridized carbons (Fsp3) is 0.300. The molecule has 1 amide bonds. The highest BCUT2D eigenvalue weighted by Gasteiger charge is 2.48. The molecule has 7 rings (SSSR count). The van der Waals surface area contributed by atoms with E-state index in [4.69, 9.17) is 4.99 Å². The van der Waals surface area contributed by atoms with Gasteiger partial charge in [0.2, 0.25) is 5.96 Å². The lowest BCUT2D eigenvalue weighted by Crippen LogP contribution is -2.52. The van der Waals surface area contributed by atoms with E-state index in [9.17, 15) is 9.90 Å². The highest BCUT2D eigenvalue weighted by atomic mass is 16.3. The number of benzene rings is 2. The second-order valence-electron chi connectivity index (χ2n) is 10.6. The second-order valence-corrected chi connectivity index (χ2v) is 10.6. The predicted octanol–water partition coefficient (Wildman–Crippen LogP) is 5.05. The molecule has 0 radical (unpaired) electrons. The molecule has 2 aromatic carbocycles. The Morgan fingerprint density at radius 1 is 1.05 bits per heavy atom. The minimum atomic E-state index is -0.0581. The van der Waals surface area contributed by atoms with Crippen LogP contribution in [0.3, 0.4) is 0 Å². The van der Waals surface area contributed by atoms with Crippen molar-refractivity contribution in [3.05, 3.63) is 84.1 Å². The van der Waals surface area contributed by atoms with E-state index in [1.807, 2.05) is 29.9 Å². The fourth-order valence-electron chi connectivity index (χ4n) is 6.27. The molecular weight excluding hydrogens is 490 g/mol. The Bertz CT molecular complexity index is 1570. The molecule has 2 aliphatic heterocycles. The standard InChI is InChI=1S/C30H31N7O2/c1-19-27-26(29(39)34(2)30-33-24-5-3-4-6-25(24)37(27)30)28(32-21-9-13-23(38)14-10-21)36(19)17-20-7-11-22(12-8-20)35-16-15-31-18-35/h7-16,18,24-25,32,38H,3-6,17H2,1-2H3.